The minimum Gasteiger partial charge on any atom is -0.383 e. The van der Waals surface area contributed by atoms with Crippen molar-refractivity contribution in [1.82, 2.24) is 0 Å². The van der Waals surface area contributed by atoms with Crippen LogP contribution in [-0.2, 0) is 16.1 Å². The SMILES string of the molecule is C=C(C(O)(CCCCCCCC)[C@@H]1O[C@H]1COCc1ccccc1)[Si](C)(C)C. The molecule has 0 aliphatic carbocycles. The van der Waals surface area contributed by atoms with Crippen LogP contribution in [0.3, 0.4) is 0 Å². The number of hydrogen-bond donors (Lipinski definition) is 1. The Morgan fingerprint density at radius 3 is 2.39 bits per heavy atom. The average Bonchev–Trinajstić information content (AvgIpc) is 3.44. The molecule has 0 saturated carbocycles. The Balaban J connectivity index is 1.86. The zero-order valence-electron chi connectivity index (χ0n) is 18.4. The Kier molecular flexibility index (Phi) is 8.94. The van der Waals surface area contributed by atoms with Crippen LogP contribution >= 0.6 is 0 Å². The predicted octanol–water partition coefficient (Wildman–Crippen LogP) is 5.89. The maximum atomic E-state index is 11.6. The van der Waals surface area contributed by atoms with Crippen molar-refractivity contribution in [1.29, 1.82) is 0 Å². The summed E-state index contributed by atoms with van der Waals surface area (Å²) < 4.78 is 11.8. The Morgan fingerprint density at radius 1 is 1.11 bits per heavy atom. The molecule has 1 heterocycles. The van der Waals surface area contributed by atoms with Gasteiger partial charge >= 0.3 is 0 Å². The zero-order valence-corrected chi connectivity index (χ0v) is 19.4. The predicted molar refractivity (Wildman–Crippen MR) is 120 cm³/mol. The highest BCUT2D eigenvalue weighted by molar-refractivity contribution is 6.83. The van der Waals surface area contributed by atoms with E-state index in [1.54, 1.807) is 0 Å². The minimum atomic E-state index is -1.68. The molecule has 158 valence electrons. The molecule has 0 spiro atoms. The molecule has 1 saturated heterocycles. The Bertz CT molecular complexity index is 596. The van der Waals surface area contributed by atoms with Crippen molar-refractivity contribution >= 4 is 8.07 Å². The normalized spacial score (nSPS) is 21.3. The van der Waals surface area contributed by atoms with Crippen LogP contribution in [0.15, 0.2) is 42.1 Å². The maximum absolute atomic E-state index is 11.6. The van der Waals surface area contributed by atoms with Crippen molar-refractivity contribution in [3.05, 3.63) is 47.7 Å². The second-order valence-corrected chi connectivity index (χ2v) is 14.4. The van der Waals surface area contributed by atoms with Crippen molar-refractivity contribution in [3.8, 4) is 0 Å². The number of epoxide rings is 1. The van der Waals surface area contributed by atoms with Crippen LogP contribution < -0.4 is 0 Å². The average molecular weight is 405 g/mol. The third kappa shape index (κ3) is 6.84. The molecule has 1 aliphatic heterocycles. The van der Waals surface area contributed by atoms with E-state index in [0.29, 0.717) is 13.2 Å². The molecule has 4 heteroatoms. The van der Waals surface area contributed by atoms with Gasteiger partial charge in [-0.05, 0) is 12.0 Å². The smallest absolute Gasteiger partial charge is 0.119 e. The molecule has 1 fully saturated rings. The highest BCUT2D eigenvalue weighted by atomic mass is 28.3. The molecule has 3 atom stereocenters. The summed E-state index contributed by atoms with van der Waals surface area (Å²) in [7, 11) is -1.68. The highest BCUT2D eigenvalue weighted by Crippen LogP contribution is 2.43. The van der Waals surface area contributed by atoms with Crippen molar-refractivity contribution < 1.29 is 14.6 Å². The van der Waals surface area contributed by atoms with Crippen LogP contribution in [0.25, 0.3) is 0 Å². The maximum Gasteiger partial charge on any atom is 0.119 e. The van der Waals surface area contributed by atoms with E-state index in [1.165, 1.54) is 32.1 Å². The lowest BCUT2D eigenvalue weighted by Crippen LogP contribution is -2.47. The van der Waals surface area contributed by atoms with E-state index in [1.807, 2.05) is 18.2 Å². The molecule has 0 radical (unpaired) electrons. The Labute approximate surface area is 173 Å². The summed E-state index contributed by atoms with van der Waals surface area (Å²) in [5.41, 5.74) is 0.254. The monoisotopic (exact) mass is 404 g/mol. The van der Waals surface area contributed by atoms with Crippen molar-refractivity contribution in [3.63, 3.8) is 0 Å². The topological polar surface area (TPSA) is 42.0 Å². The van der Waals surface area contributed by atoms with Gasteiger partial charge in [0.1, 0.15) is 17.8 Å². The Morgan fingerprint density at radius 2 is 1.75 bits per heavy atom. The largest absolute Gasteiger partial charge is 0.383 e. The summed E-state index contributed by atoms with van der Waals surface area (Å²) in [6, 6.07) is 10.2. The summed E-state index contributed by atoms with van der Waals surface area (Å²) in [5.74, 6) is 0. The fourth-order valence-corrected chi connectivity index (χ4v) is 5.41. The van der Waals surface area contributed by atoms with E-state index in [9.17, 15) is 5.11 Å². The Hall–Kier alpha value is -0.943. The lowest BCUT2D eigenvalue weighted by Gasteiger charge is -2.36. The van der Waals surface area contributed by atoms with E-state index >= 15 is 0 Å². The van der Waals surface area contributed by atoms with Crippen molar-refractivity contribution in [2.24, 2.45) is 0 Å². The molecule has 0 amide bonds. The van der Waals surface area contributed by atoms with Gasteiger partial charge in [-0.3, -0.25) is 0 Å². The summed E-state index contributed by atoms with van der Waals surface area (Å²) in [5, 5.41) is 12.6. The van der Waals surface area contributed by atoms with Crippen LogP contribution in [0.2, 0.25) is 19.6 Å². The molecule has 0 bridgehead atoms. The molecule has 1 unspecified atom stereocenters. The number of hydrogen-bond acceptors (Lipinski definition) is 3. The van der Waals surface area contributed by atoms with E-state index in [2.05, 4.69) is 45.3 Å². The summed E-state index contributed by atoms with van der Waals surface area (Å²) in [6.07, 6.45) is 7.86. The zero-order chi connectivity index (χ0) is 20.6. The van der Waals surface area contributed by atoms with E-state index in [-0.39, 0.29) is 12.2 Å². The second kappa shape index (κ2) is 10.7. The lowest BCUT2D eigenvalue weighted by molar-refractivity contribution is 0.0419. The van der Waals surface area contributed by atoms with E-state index < -0.39 is 13.7 Å². The molecular formula is C24H40O3Si. The lowest BCUT2D eigenvalue weighted by atomic mass is 9.90. The van der Waals surface area contributed by atoms with Gasteiger partial charge < -0.3 is 14.6 Å². The first kappa shape index (κ1) is 23.3. The van der Waals surface area contributed by atoms with Gasteiger partial charge in [0.05, 0.1) is 21.3 Å². The van der Waals surface area contributed by atoms with Gasteiger partial charge in [-0.2, -0.15) is 0 Å². The molecular weight excluding hydrogens is 364 g/mol. The van der Waals surface area contributed by atoms with Gasteiger partial charge in [0.2, 0.25) is 0 Å². The number of unbranched alkanes of at least 4 members (excludes halogenated alkanes) is 5. The molecule has 1 N–H and O–H groups in total. The molecule has 1 aromatic carbocycles. The van der Waals surface area contributed by atoms with E-state index in [4.69, 9.17) is 9.47 Å². The van der Waals surface area contributed by atoms with Gasteiger partial charge in [-0.25, -0.2) is 0 Å². The van der Waals surface area contributed by atoms with E-state index in [0.717, 1.165) is 23.6 Å². The first-order chi connectivity index (χ1) is 13.3. The molecule has 2 rings (SSSR count). The van der Waals surface area contributed by atoms with Gasteiger partial charge in [0.25, 0.3) is 0 Å². The first-order valence-electron chi connectivity index (χ1n) is 11.0. The van der Waals surface area contributed by atoms with Gasteiger partial charge in [0.15, 0.2) is 0 Å². The molecule has 1 aromatic rings. The number of rotatable bonds is 14. The fraction of sp³-hybridized carbons (Fsp3) is 0.667. The third-order valence-corrected chi connectivity index (χ3v) is 8.03. The van der Waals surface area contributed by atoms with Crippen LogP contribution in [0.5, 0.6) is 0 Å². The van der Waals surface area contributed by atoms with Crippen LogP contribution in [0.1, 0.15) is 57.4 Å². The van der Waals surface area contributed by atoms with Crippen molar-refractivity contribution in [2.45, 2.75) is 95.9 Å². The second-order valence-electron chi connectivity index (χ2n) is 9.27. The van der Waals surface area contributed by atoms with Gasteiger partial charge in [-0.1, -0.05) is 101 Å². The highest BCUT2D eigenvalue weighted by Gasteiger charge is 2.56. The first-order valence-corrected chi connectivity index (χ1v) is 14.5. The third-order valence-electron chi connectivity index (χ3n) is 5.79. The van der Waals surface area contributed by atoms with Crippen LogP contribution in [0.4, 0.5) is 0 Å². The summed E-state index contributed by atoms with van der Waals surface area (Å²) in [6.45, 7) is 14.4. The molecule has 0 aromatic heterocycles. The molecule has 1 aliphatic rings. The van der Waals surface area contributed by atoms with Crippen LogP contribution in [0, 0.1) is 0 Å². The molecule has 28 heavy (non-hydrogen) atoms. The number of ether oxygens (including phenoxy) is 2. The minimum absolute atomic E-state index is 0.0260. The van der Waals surface area contributed by atoms with Crippen LogP contribution in [-0.4, -0.2) is 37.6 Å². The standard InChI is InChI=1S/C24H40O3Si/c1-6-7-8-9-10-14-17-24(25,20(2)28(3,4)5)23-22(27-23)19-26-18-21-15-12-11-13-16-21/h11-13,15-16,22-23,25H,2,6-10,14,17-19H2,1,3-5H3/t22-,23+,24?/m0/s1. The fourth-order valence-electron chi connectivity index (χ4n) is 3.85. The van der Waals surface area contributed by atoms with Gasteiger partial charge in [-0.15, -0.1) is 6.58 Å². The quantitative estimate of drug-likeness (QED) is 0.239. The number of benzene rings is 1. The summed E-state index contributed by atoms with van der Waals surface area (Å²) in [4.78, 5) is 0. The van der Waals surface area contributed by atoms with Crippen molar-refractivity contribution in [2.75, 3.05) is 6.61 Å². The summed E-state index contributed by atoms with van der Waals surface area (Å²) >= 11 is 0. The molecule has 3 nitrogen and oxygen atoms in total. The number of aliphatic hydroxyl groups is 1. The van der Waals surface area contributed by atoms with Gasteiger partial charge in [0, 0.05) is 0 Å².